The van der Waals surface area contributed by atoms with E-state index < -0.39 is 11.9 Å². The molecule has 0 spiro atoms. The molecule has 0 radical (unpaired) electrons. The second kappa shape index (κ2) is 9.78. The lowest BCUT2D eigenvalue weighted by Gasteiger charge is -2.08. The molecule has 28 heavy (non-hydrogen) atoms. The molecule has 0 saturated carbocycles. The van der Waals surface area contributed by atoms with Gasteiger partial charge in [-0.3, -0.25) is 0 Å². The number of nitriles is 1. The molecular formula is C21H19N3O4. The molecule has 2 rings (SSSR count). The summed E-state index contributed by atoms with van der Waals surface area (Å²) >= 11 is 0. The van der Waals surface area contributed by atoms with E-state index in [9.17, 15) is 9.59 Å². The van der Waals surface area contributed by atoms with E-state index in [1.807, 2.05) is 36.4 Å². The van der Waals surface area contributed by atoms with Crippen LogP contribution in [0.3, 0.4) is 0 Å². The summed E-state index contributed by atoms with van der Waals surface area (Å²) in [5.74, 6) is -1.06. The van der Waals surface area contributed by atoms with E-state index in [1.54, 1.807) is 19.1 Å². The number of benzene rings is 2. The Kier molecular flexibility index (Phi) is 7.17. The van der Waals surface area contributed by atoms with Crippen LogP contribution in [0, 0.1) is 11.3 Å². The lowest BCUT2D eigenvalue weighted by atomic mass is 9.99. The van der Waals surface area contributed by atoms with Crippen LogP contribution in [0.4, 0.5) is 0 Å². The van der Waals surface area contributed by atoms with Gasteiger partial charge in [-0.2, -0.15) is 5.26 Å². The molecule has 0 aliphatic carbocycles. The van der Waals surface area contributed by atoms with E-state index in [-0.39, 0.29) is 6.42 Å². The van der Waals surface area contributed by atoms with Crippen molar-refractivity contribution in [2.45, 2.75) is 27.2 Å². The molecular weight excluding hydrogens is 358 g/mol. The molecule has 142 valence electrons. The van der Waals surface area contributed by atoms with Crippen LogP contribution in [0.1, 0.15) is 38.3 Å². The van der Waals surface area contributed by atoms with Crippen molar-refractivity contribution in [1.82, 2.24) is 0 Å². The molecule has 0 bridgehead atoms. The molecule has 0 aliphatic rings. The lowest BCUT2D eigenvalue weighted by Crippen LogP contribution is -2.10. The maximum atomic E-state index is 11.1. The van der Waals surface area contributed by atoms with E-state index >= 15 is 0 Å². The normalized spacial score (nSPS) is 11.5. The summed E-state index contributed by atoms with van der Waals surface area (Å²) in [5.41, 5.74) is 4.23. The first-order chi connectivity index (χ1) is 13.4. The molecule has 0 unspecified atom stereocenters. The lowest BCUT2D eigenvalue weighted by molar-refractivity contribution is -0.141. The number of rotatable bonds is 6. The fraction of sp³-hybridized carbons (Fsp3) is 0.190. The van der Waals surface area contributed by atoms with Crippen LogP contribution >= 0.6 is 0 Å². The third-order valence-electron chi connectivity index (χ3n) is 3.60. The zero-order valence-corrected chi connectivity index (χ0v) is 15.8. The highest BCUT2D eigenvalue weighted by Gasteiger charge is 2.10. The van der Waals surface area contributed by atoms with Crippen molar-refractivity contribution in [3.05, 3.63) is 59.7 Å². The molecule has 0 atom stereocenters. The van der Waals surface area contributed by atoms with Crippen LogP contribution < -0.4 is 0 Å². The Morgan fingerprint density at radius 1 is 0.857 bits per heavy atom. The molecule has 0 N–H and O–H groups in total. The summed E-state index contributed by atoms with van der Waals surface area (Å²) in [6.07, 6.45) is 0.233. The monoisotopic (exact) mass is 377 g/mol. The Hall–Kier alpha value is -3.79. The van der Waals surface area contributed by atoms with Gasteiger partial charge in [-0.1, -0.05) is 46.7 Å². The van der Waals surface area contributed by atoms with Crippen molar-refractivity contribution >= 4 is 23.4 Å². The molecule has 7 heteroatoms. The fourth-order valence-electron chi connectivity index (χ4n) is 2.32. The maximum Gasteiger partial charge on any atom is 0.331 e. The van der Waals surface area contributed by atoms with Crippen molar-refractivity contribution in [3.63, 3.8) is 0 Å². The predicted molar refractivity (Wildman–Crippen MR) is 104 cm³/mol. The number of hydrogen-bond donors (Lipinski definition) is 0. The molecule has 0 heterocycles. The molecule has 0 fully saturated rings. The minimum atomic E-state index is -0.540. The van der Waals surface area contributed by atoms with Crippen LogP contribution in [0.25, 0.3) is 11.1 Å². The van der Waals surface area contributed by atoms with E-state index in [0.29, 0.717) is 17.0 Å². The summed E-state index contributed by atoms with van der Waals surface area (Å²) in [5, 5.41) is 16.5. The van der Waals surface area contributed by atoms with Gasteiger partial charge in [-0.05, 0) is 35.7 Å². The van der Waals surface area contributed by atoms with Crippen LogP contribution in [-0.4, -0.2) is 23.4 Å². The van der Waals surface area contributed by atoms with Crippen LogP contribution in [-0.2, 0) is 19.3 Å². The van der Waals surface area contributed by atoms with Crippen LogP contribution in [0.15, 0.2) is 58.8 Å². The molecule has 2 aromatic carbocycles. The number of carbonyl (C=O) groups excluding carboxylic acids is 2. The summed E-state index contributed by atoms with van der Waals surface area (Å²) in [7, 11) is 0. The molecule has 2 aromatic rings. The second-order valence-corrected chi connectivity index (χ2v) is 5.97. The van der Waals surface area contributed by atoms with E-state index in [1.165, 1.54) is 13.8 Å². The topological polar surface area (TPSA) is 101 Å². The number of nitrogens with zero attached hydrogens (tertiary/aromatic N) is 3. The quantitative estimate of drug-likeness (QED) is 0.433. The largest absolute Gasteiger partial charge is 0.331 e. The number of carbonyl (C=O) groups is 2. The van der Waals surface area contributed by atoms with Gasteiger partial charge in [0.25, 0.3) is 0 Å². The Bertz CT molecular complexity index is 953. The van der Waals surface area contributed by atoms with Gasteiger partial charge >= 0.3 is 11.9 Å². The highest BCUT2D eigenvalue weighted by atomic mass is 16.7. The van der Waals surface area contributed by atoms with Gasteiger partial charge < -0.3 is 9.68 Å². The average molecular weight is 377 g/mol. The van der Waals surface area contributed by atoms with E-state index in [2.05, 4.69) is 21.2 Å². The van der Waals surface area contributed by atoms with Crippen molar-refractivity contribution in [2.24, 2.45) is 10.3 Å². The van der Waals surface area contributed by atoms with Crippen molar-refractivity contribution in [1.29, 1.82) is 5.26 Å². The van der Waals surface area contributed by atoms with Crippen molar-refractivity contribution in [2.75, 3.05) is 0 Å². The Morgan fingerprint density at radius 2 is 1.36 bits per heavy atom. The molecule has 7 nitrogen and oxygen atoms in total. The first-order valence-corrected chi connectivity index (χ1v) is 8.45. The predicted octanol–water partition coefficient (Wildman–Crippen LogP) is 3.82. The standard InChI is InChI=1S/C21H19N3O4/c1-14(23-27-15(2)25)12-21(24-28-16(3)26)20-10-8-19(9-11-20)18-6-4-17(13-22)5-7-18/h4-11H,12H2,1-3H3/b23-14+,24-21-. The molecule has 0 amide bonds. The minimum absolute atomic E-state index is 0.233. The number of oxime groups is 2. The zero-order chi connectivity index (χ0) is 20.5. The first-order valence-electron chi connectivity index (χ1n) is 8.45. The summed E-state index contributed by atoms with van der Waals surface area (Å²) in [6.45, 7) is 4.19. The molecule has 0 aliphatic heterocycles. The van der Waals surface area contributed by atoms with Gasteiger partial charge in [0.1, 0.15) is 0 Å². The summed E-state index contributed by atoms with van der Waals surface area (Å²) in [4.78, 5) is 31.4. The Balaban J connectivity index is 2.26. The van der Waals surface area contributed by atoms with Crippen LogP contribution in [0.5, 0.6) is 0 Å². The van der Waals surface area contributed by atoms with Crippen molar-refractivity contribution < 1.29 is 19.3 Å². The highest BCUT2D eigenvalue weighted by molar-refractivity contribution is 6.12. The molecule has 0 saturated heterocycles. The van der Waals surface area contributed by atoms with E-state index in [4.69, 9.17) is 10.1 Å². The van der Waals surface area contributed by atoms with Gasteiger partial charge in [-0.15, -0.1) is 0 Å². The second-order valence-electron chi connectivity index (χ2n) is 5.97. The van der Waals surface area contributed by atoms with Gasteiger partial charge in [0, 0.05) is 20.3 Å². The number of hydrogen-bond acceptors (Lipinski definition) is 7. The van der Waals surface area contributed by atoms with Crippen LogP contribution in [0.2, 0.25) is 0 Å². The van der Waals surface area contributed by atoms with E-state index in [0.717, 1.165) is 16.7 Å². The fourth-order valence-corrected chi connectivity index (χ4v) is 2.32. The Labute approximate surface area is 162 Å². The van der Waals surface area contributed by atoms with Gasteiger partial charge in [0.2, 0.25) is 0 Å². The zero-order valence-electron chi connectivity index (χ0n) is 15.8. The maximum absolute atomic E-state index is 11.1. The third kappa shape index (κ3) is 6.18. The highest BCUT2D eigenvalue weighted by Crippen LogP contribution is 2.21. The van der Waals surface area contributed by atoms with Gasteiger partial charge in [0.05, 0.1) is 23.1 Å². The SMILES string of the molecule is CC(=O)O/N=C(/C/C(C)=N/OC(C)=O)c1ccc(-c2ccc(C#N)cc2)cc1. The van der Waals surface area contributed by atoms with Crippen molar-refractivity contribution in [3.8, 4) is 17.2 Å². The first kappa shape index (κ1) is 20.5. The molecule has 0 aromatic heterocycles. The van der Waals surface area contributed by atoms with Gasteiger partial charge in [0.15, 0.2) is 0 Å². The third-order valence-corrected chi connectivity index (χ3v) is 3.60. The van der Waals surface area contributed by atoms with Gasteiger partial charge in [-0.25, -0.2) is 9.59 Å². The minimum Gasteiger partial charge on any atom is -0.319 e. The summed E-state index contributed by atoms with van der Waals surface area (Å²) < 4.78 is 0. The summed E-state index contributed by atoms with van der Waals surface area (Å²) in [6, 6.07) is 16.8. The smallest absolute Gasteiger partial charge is 0.319 e. The Morgan fingerprint density at radius 3 is 1.86 bits per heavy atom. The average Bonchev–Trinajstić information content (AvgIpc) is 2.69.